The van der Waals surface area contributed by atoms with Gasteiger partial charge in [0.05, 0.1) is 23.9 Å². The van der Waals surface area contributed by atoms with Crippen LogP contribution in [0.1, 0.15) is 15.9 Å². The van der Waals surface area contributed by atoms with Gasteiger partial charge in [0.15, 0.2) is 0 Å². The third-order valence-corrected chi connectivity index (χ3v) is 3.39. The Kier molecular flexibility index (Phi) is 3.21. The number of carbonyl (C=O) groups is 1. The van der Waals surface area contributed by atoms with Crippen molar-refractivity contribution in [3.05, 3.63) is 59.7 Å². The Hall–Kier alpha value is -2.63. The number of hydrazine groups is 1. The summed E-state index contributed by atoms with van der Waals surface area (Å²) in [6, 6.07) is 12.9. The molecule has 0 aromatic heterocycles. The molecule has 0 saturated carbocycles. The molecule has 108 valence electrons. The lowest BCUT2D eigenvalue weighted by molar-refractivity contribution is -0.255. The van der Waals surface area contributed by atoms with Gasteiger partial charge in [0.1, 0.15) is 0 Å². The second-order valence-corrected chi connectivity index (χ2v) is 4.65. The van der Waals surface area contributed by atoms with E-state index in [9.17, 15) is 18.7 Å². The van der Waals surface area contributed by atoms with Gasteiger partial charge in [-0.3, -0.25) is 5.01 Å². The number of aromatic carboxylic acids is 1. The molecule has 3 rings (SSSR count). The Morgan fingerprint density at radius 3 is 2.48 bits per heavy atom. The maximum Gasteiger partial charge on any atom is 0.332 e. The number of hydrogen-bond acceptors (Lipinski definition) is 4. The highest BCUT2D eigenvalue weighted by atomic mass is 19.3. The van der Waals surface area contributed by atoms with Crippen LogP contribution in [-0.2, 0) is 6.54 Å². The number of halogens is 2. The van der Waals surface area contributed by atoms with E-state index in [1.807, 2.05) is 0 Å². The largest absolute Gasteiger partial charge is 0.545 e. The summed E-state index contributed by atoms with van der Waals surface area (Å²) >= 11 is 0. The molecule has 0 radical (unpaired) electrons. The van der Waals surface area contributed by atoms with E-state index in [-0.39, 0.29) is 17.8 Å². The molecule has 0 aliphatic carbocycles. The Balaban J connectivity index is 2.06. The zero-order chi connectivity index (χ0) is 15.0. The second-order valence-electron chi connectivity index (χ2n) is 4.65. The van der Waals surface area contributed by atoms with Crippen LogP contribution in [0.5, 0.6) is 0 Å². The van der Waals surface area contributed by atoms with Crippen LogP contribution in [0.15, 0.2) is 48.5 Å². The SMILES string of the molecule is O=C([O-])c1ccc2c(c1)N(C(F)F)N(c1ccccc1)C2. The first-order valence-corrected chi connectivity index (χ1v) is 6.32. The molecule has 2 aromatic rings. The number of carboxylic acid groups (broad SMARTS) is 1. The Morgan fingerprint density at radius 1 is 1.14 bits per heavy atom. The van der Waals surface area contributed by atoms with Crippen molar-refractivity contribution in [2.45, 2.75) is 13.1 Å². The zero-order valence-electron chi connectivity index (χ0n) is 10.9. The minimum absolute atomic E-state index is 0.116. The van der Waals surface area contributed by atoms with Crippen LogP contribution < -0.4 is 15.1 Å². The molecule has 0 fully saturated rings. The van der Waals surface area contributed by atoms with Crippen molar-refractivity contribution in [3.63, 3.8) is 0 Å². The average Bonchev–Trinajstić information content (AvgIpc) is 2.86. The second kappa shape index (κ2) is 5.05. The van der Waals surface area contributed by atoms with E-state index in [0.717, 1.165) is 5.01 Å². The zero-order valence-corrected chi connectivity index (χ0v) is 10.9. The number of hydrogen-bond donors (Lipinski definition) is 0. The Morgan fingerprint density at radius 2 is 1.86 bits per heavy atom. The van der Waals surface area contributed by atoms with Gasteiger partial charge in [-0.05, 0) is 29.3 Å². The molecule has 0 unspecified atom stereocenters. The van der Waals surface area contributed by atoms with Crippen LogP contribution in [-0.4, -0.2) is 12.5 Å². The quantitative estimate of drug-likeness (QED) is 0.811. The van der Waals surface area contributed by atoms with Crippen LogP contribution in [0, 0.1) is 0 Å². The van der Waals surface area contributed by atoms with Crippen LogP contribution >= 0.6 is 0 Å². The summed E-state index contributed by atoms with van der Waals surface area (Å²) in [6.07, 6.45) is 0. The van der Waals surface area contributed by atoms with Crippen LogP contribution in [0.3, 0.4) is 0 Å². The monoisotopic (exact) mass is 289 g/mol. The van der Waals surface area contributed by atoms with Crippen molar-refractivity contribution >= 4 is 17.3 Å². The molecule has 21 heavy (non-hydrogen) atoms. The van der Waals surface area contributed by atoms with E-state index < -0.39 is 12.5 Å². The first kappa shape index (κ1) is 13.4. The number of nitrogens with zero attached hydrogens (tertiary/aromatic N) is 2. The van der Waals surface area contributed by atoms with E-state index in [4.69, 9.17) is 0 Å². The van der Waals surface area contributed by atoms with Crippen molar-refractivity contribution < 1.29 is 18.7 Å². The maximum absolute atomic E-state index is 13.4. The number of benzene rings is 2. The molecule has 2 aromatic carbocycles. The van der Waals surface area contributed by atoms with E-state index >= 15 is 0 Å². The van der Waals surface area contributed by atoms with Gasteiger partial charge in [-0.2, -0.15) is 8.78 Å². The number of alkyl halides is 2. The van der Waals surface area contributed by atoms with Gasteiger partial charge >= 0.3 is 6.55 Å². The number of carboxylic acids is 1. The highest BCUT2D eigenvalue weighted by Gasteiger charge is 2.33. The van der Waals surface area contributed by atoms with Gasteiger partial charge in [0.25, 0.3) is 0 Å². The summed E-state index contributed by atoms with van der Waals surface area (Å²) < 4.78 is 26.8. The summed E-state index contributed by atoms with van der Waals surface area (Å²) in [5.74, 6) is -1.38. The first-order valence-electron chi connectivity index (χ1n) is 6.32. The molecule has 0 saturated heterocycles. The van der Waals surface area contributed by atoms with Gasteiger partial charge in [-0.25, -0.2) is 5.01 Å². The van der Waals surface area contributed by atoms with E-state index in [0.29, 0.717) is 11.3 Å². The predicted molar refractivity (Wildman–Crippen MR) is 71.9 cm³/mol. The molecule has 6 heteroatoms. The van der Waals surface area contributed by atoms with Gasteiger partial charge in [0, 0.05) is 0 Å². The third-order valence-electron chi connectivity index (χ3n) is 3.39. The summed E-state index contributed by atoms with van der Waals surface area (Å²) in [5.41, 5.74) is 1.33. The van der Waals surface area contributed by atoms with Gasteiger partial charge in [-0.15, -0.1) is 0 Å². The summed E-state index contributed by atoms with van der Waals surface area (Å²) in [6.45, 7) is -2.51. The number of rotatable bonds is 3. The predicted octanol–water partition coefficient (Wildman–Crippen LogP) is 2.01. The van der Waals surface area contributed by atoms with Crippen LogP contribution in [0.25, 0.3) is 0 Å². The molecule has 1 aliphatic rings. The van der Waals surface area contributed by atoms with Crippen molar-refractivity contribution in [2.75, 3.05) is 10.0 Å². The first-order chi connectivity index (χ1) is 10.1. The molecule has 0 N–H and O–H groups in total. The van der Waals surface area contributed by atoms with Crippen molar-refractivity contribution in [1.82, 2.24) is 0 Å². The van der Waals surface area contributed by atoms with Crippen molar-refractivity contribution in [1.29, 1.82) is 0 Å². The van der Waals surface area contributed by atoms with Gasteiger partial charge in [-0.1, -0.05) is 30.3 Å². The summed E-state index contributed by atoms with van der Waals surface area (Å²) in [7, 11) is 0. The number of anilines is 2. The van der Waals surface area contributed by atoms with E-state index in [1.54, 1.807) is 36.4 Å². The number of carbonyl (C=O) groups excluding carboxylic acids is 1. The Bertz CT molecular complexity index is 677. The third kappa shape index (κ3) is 2.29. The molecular formula is C15H11F2N2O2-. The fourth-order valence-electron chi connectivity index (χ4n) is 2.43. The lowest BCUT2D eigenvalue weighted by Crippen LogP contribution is -2.41. The lowest BCUT2D eigenvalue weighted by Gasteiger charge is -2.31. The molecule has 0 spiro atoms. The molecular weight excluding hydrogens is 278 g/mol. The average molecular weight is 289 g/mol. The summed E-state index contributed by atoms with van der Waals surface area (Å²) in [4.78, 5) is 10.9. The summed E-state index contributed by atoms with van der Waals surface area (Å²) in [5, 5.41) is 13.1. The van der Waals surface area contributed by atoms with E-state index in [2.05, 4.69) is 0 Å². The molecule has 1 heterocycles. The Labute approximate surface area is 119 Å². The van der Waals surface area contributed by atoms with Crippen molar-refractivity contribution in [3.8, 4) is 0 Å². The van der Waals surface area contributed by atoms with E-state index in [1.165, 1.54) is 17.1 Å². The highest BCUT2D eigenvalue weighted by Crippen LogP contribution is 2.37. The minimum atomic E-state index is -2.77. The molecule has 0 amide bonds. The minimum Gasteiger partial charge on any atom is -0.545 e. The normalized spacial score (nSPS) is 13.7. The van der Waals surface area contributed by atoms with Crippen LogP contribution in [0.2, 0.25) is 0 Å². The molecule has 0 bridgehead atoms. The van der Waals surface area contributed by atoms with Crippen LogP contribution in [0.4, 0.5) is 20.2 Å². The lowest BCUT2D eigenvalue weighted by atomic mass is 10.1. The smallest absolute Gasteiger partial charge is 0.332 e. The molecule has 4 nitrogen and oxygen atoms in total. The van der Waals surface area contributed by atoms with Gasteiger partial charge in [0.2, 0.25) is 0 Å². The molecule has 1 aliphatic heterocycles. The number of fused-ring (bicyclic) bond motifs is 1. The standard InChI is InChI=1S/C15H12F2N2O2/c16-15(17)19-13-8-10(14(20)21)6-7-11(13)9-18(19)12-4-2-1-3-5-12/h1-8,15H,9H2,(H,20,21)/p-1. The highest BCUT2D eigenvalue weighted by molar-refractivity contribution is 5.88. The topological polar surface area (TPSA) is 46.6 Å². The fraction of sp³-hybridized carbons (Fsp3) is 0.133. The van der Waals surface area contributed by atoms with Gasteiger partial charge < -0.3 is 9.90 Å². The number of para-hydroxylation sites is 1. The maximum atomic E-state index is 13.4. The fourth-order valence-corrected chi connectivity index (χ4v) is 2.43. The molecule has 0 atom stereocenters. The van der Waals surface area contributed by atoms with Crippen molar-refractivity contribution in [2.24, 2.45) is 0 Å².